The fourth-order valence-electron chi connectivity index (χ4n) is 1.24. The molecule has 0 atom stereocenters. The van der Waals surface area contributed by atoms with Gasteiger partial charge in [-0.15, -0.1) is 0 Å². The minimum atomic E-state index is -3.04. The van der Waals surface area contributed by atoms with E-state index >= 15 is 0 Å². The zero-order valence-electron chi connectivity index (χ0n) is 9.28. The average molecular weight is 236 g/mol. The van der Waals surface area contributed by atoms with Gasteiger partial charge in [-0.3, -0.25) is 4.79 Å². The molecule has 0 rings (SSSR count). The van der Waals surface area contributed by atoms with Crippen molar-refractivity contribution in [1.29, 1.82) is 0 Å². The third-order valence-corrected chi connectivity index (χ3v) is 5.15. The molecule has 0 saturated heterocycles. The maximum atomic E-state index is 11.0. The predicted molar refractivity (Wildman–Crippen MR) is 59.1 cm³/mol. The molecule has 0 unspecified atom stereocenters. The van der Waals surface area contributed by atoms with Gasteiger partial charge < -0.3 is 25.0 Å². The van der Waals surface area contributed by atoms with Crippen LogP contribution in [0.25, 0.3) is 0 Å². The van der Waals surface area contributed by atoms with E-state index in [1.165, 1.54) is 14.2 Å². The van der Waals surface area contributed by atoms with Crippen LogP contribution >= 0.6 is 0 Å². The number of hydrogen-bond donors (Lipinski definition) is 3. The SMILES string of the molecule is CO[Si](CCCNCCN)(OC)C(=O)O. The van der Waals surface area contributed by atoms with Gasteiger partial charge >= 0.3 is 14.2 Å². The molecule has 0 aliphatic rings. The van der Waals surface area contributed by atoms with Gasteiger partial charge in [0.05, 0.1) is 0 Å². The molecule has 0 fully saturated rings. The Kier molecular flexibility index (Phi) is 7.53. The summed E-state index contributed by atoms with van der Waals surface area (Å²) in [5, 5.41) is 12.1. The third-order valence-electron chi connectivity index (χ3n) is 2.17. The second kappa shape index (κ2) is 7.77. The predicted octanol–water partition coefficient (Wildman–Crippen LogP) is -0.0805. The van der Waals surface area contributed by atoms with Gasteiger partial charge in [0.15, 0.2) is 0 Å². The number of nitrogens with one attached hydrogen (secondary N) is 1. The lowest BCUT2D eigenvalue weighted by Gasteiger charge is -2.22. The largest absolute Gasteiger partial charge is 0.481 e. The number of carboxylic acid groups (broad SMARTS) is 1. The number of rotatable bonds is 9. The van der Waals surface area contributed by atoms with Crippen LogP contribution in [0.3, 0.4) is 0 Å². The van der Waals surface area contributed by atoms with Gasteiger partial charge in [-0.25, -0.2) is 0 Å². The summed E-state index contributed by atoms with van der Waals surface area (Å²) < 4.78 is 10.0. The van der Waals surface area contributed by atoms with Crippen LogP contribution in [0, 0.1) is 0 Å². The summed E-state index contributed by atoms with van der Waals surface area (Å²) in [5.41, 5.74) is 4.33. The molecule has 0 aromatic carbocycles. The lowest BCUT2D eigenvalue weighted by Crippen LogP contribution is -2.48. The van der Waals surface area contributed by atoms with Crippen LogP contribution in [0.2, 0.25) is 6.04 Å². The number of nitrogens with two attached hydrogens (primary N) is 1. The number of carbonyl (C=O) groups is 1. The minimum Gasteiger partial charge on any atom is -0.481 e. The van der Waals surface area contributed by atoms with E-state index in [4.69, 9.17) is 19.7 Å². The summed E-state index contributed by atoms with van der Waals surface area (Å²) in [7, 11) is -0.263. The van der Waals surface area contributed by atoms with E-state index in [0.29, 0.717) is 19.0 Å². The topological polar surface area (TPSA) is 93.8 Å². The van der Waals surface area contributed by atoms with E-state index in [2.05, 4.69) is 5.32 Å². The molecule has 0 amide bonds. The van der Waals surface area contributed by atoms with Crippen molar-refractivity contribution in [3.63, 3.8) is 0 Å². The van der Waals surface area contributed by atoms with Gasteiger partial charge in [0.25, 0.3) is 0 Å². The highest BCUT2D eigenvalue weighted by Gasteiger charge is 2.45. The molecule has 4 N–H and O–H groups in total. The first-order valence-electron chi connectivity index (χ1n) is 4.87. The highest BCUT2D eigenvalue weighted by atomic mass is 28.4. The second-order valence-electron chi connectivity index (χ2n) is 3.11. The molecule has 0 spiro atoms. The zero-order valence-corrected chi connectivity index (χ0v) is 10.3. The van der Waals surface area contributed by atoms with Crippen LogP contribution < -0.4 is 11.1 Å². The van der Waals surface area contributed by atoms with Gasteiger partial charge in [0.2, 0.25) is 0 Å². The van der Waals surface area contributed by atoms with Gasteiger partial charge in [-0.1, -0.05) is 0 Å². The van der Waals surface area contributed by atoms with Gasteiger partial charge in [0, 0.05) is 33.4 Å². The van der Waals surface area contributed by atoms with Crippen molar-refractivity contribution < 1.29 is 18.8 Å². The van der Waals surface area contributed by atoms with Crippen molar-refractivity contribution in [2.45, 2.75) is 12.5 Å². The van der Waals surface area contributed by atoms with Crippen molar-refractivity contribution in [2.75, 3.05) is 33.9 Å². The summed E-state index contributed by atoms with van der Waals surface area (Å²) in [5.74, 6) is 0. The molecule has 7 heteroatoms. The van der Waals surface area contributed by atoms with Gasteiger partial charge in [-0.2, -0.15) is 0 Å². The van der Waals surface area contributed by atoms with Crippen LogP contribution in [0.4, 0.5) is 4.79 Å². The number of hydrogen-bond acceptors (Lipinski definition) is 5. The first-order valence-corrected chi connectivity index (χ1v) is 6.89. The fraction of sp³-hybridized carbons (Fsp3) is 0.875. The normalized spacial score (nSPS) is 11.7. The molecule has 0 aliphatic carbocycles. The van der Waals surface area contributed by atoms with E-state index in [1.54, 1.807) is 0 Å². The lowest BCUT2D eigenvalue weighted by molar-refractivity contribution is 0.182. The third kappa shape index (κ3) is 4.71. The molecule has 0 aromatic heterocycles. The van der Waals surface area contributed by atoms with Crippen LogP contribution in [0.5, 0.6) is 0 Å². The van der Waals surface area contributed by atoms with Gasteiger partial charge in [0.1, 0.15) is 0 Å². The highest BCUT2D eigenvalue weighted by Crippen LogP contribution is 2.14. The highest BCUT2D eigenvalue weighted by molar-refractivity contribution is 6.95. The zero-order chi connectivity index (χ0) is 11.7. The van der Waals surface area contributed by atoms with Gasteiger partial charge in [-0.05, 0) is 13.0 Å². The molecule has 90 valence electrons. The van der Waals surface area contributed by atoms with Crippen molar-refractivity contribution in [3.8, 4) is 0 Å². The first kappa shape index (κ1) is 14.5. The van der Waals surface area contributed by atoms with E-state index in [9.17, 15) is 4.79 Å². The summed E-state index contributed by atoms with van der Waals surface area (Å²) in [6.45, 7) is 2.05. The Morgan fingerprint density at radius 1 is 1.40 bits per heavy atom. The van der Waals surface area contributed by atoms with Crippen LogP contribution in [-0.4, -0.2) is 53.1 Å². The monoisotopic (exact) mass is 236 g/mol. The van der Waals surface area contributed by atoms with Crippen molar-refractivity contribution in [2.24, 2.45) is 5.73 Å². The molecule has 15 heavy (non-hydrogen) atoms. The van der Waals surface area contributed by atoms with E-state index in [-0.39, 0.29) is 0 Å². The first-order chi connectivity index (χ1) is 7.13. The minimum absolute atomic E-state index is 0.437. The average Bonchev–Trinajstić information content (AvgIpc) is 2.23. The van der Waals surface area contributed by atoms with Crippen LogP contribution in [0.15, 0.2) is 0 Å². The fourth-order valence-corrected chi connectivity index (χ4v) is 3.02. The van der Waals surface area contributed by atoms with Crippen LogP contribution in [-0.2, 0) is 8.85 Å². The maximum Gasteiger partial charge on any atom is 0.461 e. The van der Waals surface area contributed by atoms with Crippen molar-refractivity contribution in [3.05, 3.63) is 0 Å². The standard InChI is InChI=1S/C8H20N2O4Si/c1-13-15(14-2,8(11)12)7-3-5-10-6-4-9/h10H,3-7,9H2,1-2H3,(H,11,12). The summed E-state index contributed by atoms with van der Waals surface area (Å²) in [6.07, 6.45) is 0.709. The Labute approximate surface area is 91.0 Å². The Morgan fingerprint density at radius 3 is 2.40 bits per heavy atom. The Hall–Kier alpha value is -0.473. The molecule has 0 radical (unpaired) electrons. The molecule has 0 saturated carbocycles. The van der Waals surface area contributed by atoms with Crippen molar-refractivity contribution in [1.82, 2.24) is 5.32 Å². The quantitative estimate of drug-likeness (QED) is 0.383. The van der Waals surface area contributed by atoms with E-state index < -0.39 is 14.2 Å². The molecular weight excluding hydrogens is 216 g/mol. The summed E-state index contributed by atoms with van der Waals surface area (Å²) >= 11 is 0. The molecular formula is C8H20N2O4Si. The summed E-state index contributed by atoms with van der Waals surface area (Å²) in [6, 6.07) is 0.437. The van der Waals surface area contributed by atoms with E-state index in [0.717, 1.165) is 13.1 Å². The van der Waals surface area contributed by atoms with Crippen molar-refractivity contribution >= 4 is 14.2 Å². The Morgan fingerprint density at radius 2 is 2.00 bits per heavy atom. The molecule has 6 nitrogen and oxygen atoms in total. The maximum absolute atomic E-state index is 11.0. The molecule has 0 aliphatic heterocycles. The second-order valence-corrected chi connectivity index (χ2v) is 6.36. The molecule has 0 heterocycles. The molecule has 0 aromatic rings. The Balaban J connectivity index is 3.91. The smallest absolute Gasteiger partial charge is 0.461 e. The summed E-state index contributed by atoms with van der Waals surface area (Å²) in [4.78, 5) is 11.0. The lowest BCUT2D eigenvalue weighted by atomic mass is 10.5. The van der Waals surface area contributed by atoms with Crippen LogP contribution in [0.1, 0.15) is 6.42 Å². The molecule has 0 bridgehead atoms. The van der Waals surface area contributed by atoms with E-state index in [1.807, 2.05) is 0 Å². The Bertz CT molecular complexity index is 187.